The van der Waals surface area contributed by atoms with E-state index >= 15 is 0 Å². The number of pyridine rings is 1. The van der Waals surface area contributed by atoms with Gasteiger partial charge in [-0.25, -0.2) is 0 Å². The SMILES string of the molecule is N#Cc1cnccc1N1CC[C@H](c2nc(C3CC3)no2)C1. The lowest BCUT2D eigenvalue weighted by Gasteiger charge is -2.18. The third-order valence-electron chi connectivity index (χ3n) is 4.20. The Hall–Kier alpha value is -2.42. The summed E-state index contributed by atoms with van der Waals surface area (Å²) >= 11 is 0. The molecule has 0 radical (unpaired) electrons. The normalized spacial score (nSPS) is 21.5. The molecule has 6 heteroatoms. The average molecular weight is 281 g/mol. The van der Waals surface area contributed by atoms with E-state index in [-0.39, 0.29) is 5.92 Å². The van der Waals surface area contributed by atoms with Gasteiger partial charge in [0.05, 0.1) is 17.2 Å². The highest BCUT2D eigenvalue weighted by Gasteiger charge is 2.33. The third kappa shape index (κ3) is 2.25. The summed E-state index contributed by atoms with van der Waals surface area (Å²) in [5.74, 6) is 2.38. The van der Waals surface area contributed by atoms with Crippen LogP contribution >= 0.6 is 0 Å². The number of aromatic nitrogens is 3. The van der Waals surface area contributed by atoms with Crippen molar-refractivity contribution in [3.8, 4) is 6.07 Å². The van der Waals surface area contributed by atoms with Crippen molar-refractivity contribution >= 4 is 5.69 Å². The molecule has 1 saturated carbocycles. The van der Waals surface area contributed by atoms with E-state index in [4.69, 9.17) is 4.52 Å². The van der Waals surface area contributed by atoms with Gasteiger partial charge in [-0.15, -0.1) is 0 Å². The van der Waals surface area contributed by atoms with Crippen molar-refractivity contribution in [2.24, 2.45) is 0 Å². The molecule has 1 aliphatic heterocycles. The van der Waals surface area contributed by atoms with Crippen LogP contribution in [0, 0.1) is 11.3 Å². The molecule has 0 aromatic carbocycles. The lowest BCUT2D eigenvalue weighted by Crippen LogP contribution is -2.20. The summed E-state index contributed by atoms with van der Waals surface area (Å²) in [4.78, 5) is 10.7. The number of anilines is 1. The van der Waals surface area contributed by atoms with Crippen LogP contribution in [0.3, 0.4) is 0 Å². The van der Waals surface area contributed by atoms with Crippen molar-refractivity contribution in [1.29, 1.82) is 5.26 Å². The van der Waals surface area contributed by atoms with E-state index in [2.05, 4.69) is 26.1 Å². The third-order valence-corrected chi connectivity index (χ3v) is 4.20. The molecule has 2 aliphatic rings. The van der Waals surface area contributed by atoms with Crippen LogP contribution in [0.5, 0.6) is 0 Å². The fraction of sp³-hybridized carbons (Fsp3) is 0.467. The van der Waals surface area contributed by atoms with E-state index in [9.17, 15) is 5.26 Å². The predicted octanol–water partition coefficient (Wildman–Crippen LogP) is 2.21. The van der Waals surface area contributed by atoms with Gasteiger partial charge >= 0.3 is 0 Å². The van der Waals surface area contributed by atoms with E-state index in [0.29, 0.717) is 11.5 Å². The van der Waals surface area contributed by atoms with Gasteiger partial charge in [-0.2, -0.15) is 10.2 Å². The topological polar surface area (TPSA) is 78.8 Å². The highest BCUT2D eigenvalue weighted by atomic mass is 16.5. The summed E-state index contributed by atoms with van der Waals surface area (Å²) in [6.45, 7) is 1.70. The van der Waals surface area contributed by atoms with Gasteiger partial charge in [0.1, 0.15) is 6.07 Å². The minimum atomic E-state index is 0.254. The zero-order chi connectivity index (χ0) is 14.2. The minimum absolute atomic E-state index is 0.254. The van der Waals surface area contributed by atoms with Crippen LogP contribution in [0.2, 0.25) is 0 Å². The summed E-state index contributed by atoms with van der Waals surface area (Å²) in [5.41, 5.74) is 1.55. The highest BCUT2D eigenvalue weighted by Crippen LogP contribution is 2.39. The molecule has 2 aromatic heterocycles. The van der Waals surface area contributed by atoms with E-state index < -0.39 is 0 Å². The van der Waals surface area contributed by atoms with E-state index in [1.807, 2.05) is 6.07 Å². The van der Waals surface area contributed by atoms with Crippen LogP contribution in [0.15, 0.2) is 23.0 Å². The number of hydrogen-bond acceptors (Lipinski definition) is 6. The number of rotatable bonds is 3. The molecule has 1 atom stereocenters. The lowest BCUT2D eigenvalue weighted by molar-refractivity contribution is 0.355. The molecule has 3 heterocycles. The largest absolute Gasteiger partial charge is 0.370 e. The molecule has 6 nitrogen and oxygen atoms in total. The molecule has 2 fully saturated rings. The van der Waals surface area contributed by atoms with Gasteiger partial charge in [0.25, 0.3) is 0 Å². The molecular formula is C15H15N5O. The lowest BCUT2D eigenvalue weighted by atomic mass is 10.1. The Morgan fingerprint density at radius 1 is 1.29 bits per heavy atom. The summed E-state index contributed by atoms with van der Waals surface area (Å²) in [5, 5.41) is 13.3. The van der Waals surface area contributed by atoms with Gasteiger partial charge in [-0.1, -0.05) is 5.16 Å². The first-order valence-corrected chi connectivity index (χ1v) is 7.27. The number of hydrogen-bond donors (Lipinski definition) is 0. The highest BCUT2D eigenvalue weighted by molar-refractivity contribution is 5.58. The Kier molecular flexibility index (Phi) is 2.85. The van der Waals surface area contributed by atoms with Crippen LogP contribution in [-0.4, -0.2) is 28.2 Å². The van der Waals surface area contributed by atoms with Crippen molar-refractivity contribution in [2.45, 2.75) is 31.1 Å². The van der Waals surface area contributed by atoms with Gasteiger partial charge in [0.2, 0.25) is 5.89 Å². The molecule has 4 rings (SSSR count). The zero-order valence-electron chi connectivity index (χ0n) is 11.6. The molecule has 1 saturated heterocycles. The second kappa shape index (κ2) is 4.85. The molecule has 0 bridgehead atoms. The molecule has 106 valence electrons. The van der Waals surface area contributed by atoms with Crippen LogP contribution < -0.4 is 4.90 Å². The molecular weight excluding hydrogens is 266 g/mol. The summed E-state index contributed by atoms with van der Waals surface area (Å²) in [6, 6.07) is 4.09. The Morgan fingerprint density at radius 3 is 3.00 bits per heavy atom. The quantitative estimate of drug-likeness (QED) is 0.858. The van der Waals surface area contributed by atoms with E-state index in [1.54, 1.807) is 12.4 Å². The molecule has 0 amide bonds. The maximum absolute atomic E-state index is 9.18. The number of nitrogens with zero attached hydrogens (tertiary/aromatic N) is 5. The summed E-state index contributed by atoms with van der Waals surface area (Å²) in [6.07, 6.45) is 6.66. The van der Waals surface area contributed by atoms with Gasteiger partial charge in [0, 0.05) is 31.4 Å². The van der Waals surface area contributed by atoms with E-state index in [0.717, 1.165) is 36.9 Å². The molecule has 0 N–H and O–H groups in total. The fourth-order valence-electron chi connectivity index (χ4n) is 2.85. The maximum atomic E-state index is 9.18. The van der Waals surface area contributed by atoms with Crippen LogP contribution in [-0.2, 0) is 0 Å². The van der Waals surface area contributed by atoms with Gasteiger partial charge < -0.3 is 9.42 Å². The zero-order valence-corrected chi connectivity index (χ0v) is 11.6. The standard InChI is InChI=1S/C15H15N5O/c16-7-12-8-17-5-3-13(12)20-6-4-11(9-20)15-18-14(19-21-15)10-1-2-10/h3,5,8,10-11H,1-2,4,6,9H2/t11-/m0/s1. The van der Waals surface area contributed by atoms with Crippen molar-refractivity contribution in [3.63, 3.8) is 0 Å². The second-order valence-corrected chi connectivity index (χ2v) is 5.70. The van der Waals surface area contributed by atoms with Crippen molar-refractivity contribution in [3.05, 3.63) is 35.7 Å². The molecule has 1 aliphatic carbocycles. The molecule has 2 aromatic rings. The monoisotopic (exact) mass is 281 g/mol. The summed E-state index contributed by atoms with van der Waals surface area (Å²) in [7, 11) is 0. The second-order valence-electron chi connectivity index (χ2n) is 5.70. The van der Waals surface area contributed by atoms with E-state index in [1.165, 1.54) is 12.8 Å². The van der Waals surface area contributed by atoms with Crippen LogP contribution in [0.1, 0.15) is 48.4 Å². The first-order chi connectivity index (χ1) is 10.3. The smallest absolute Gasteiger partial charge is 0.231 e. The van der Waals surface area contributed by atoms with Crippen LogP contribution in [0.4, 0.5) is 5.69 Å². The minimum Gasteiger partial charge on any atom is -0.370 e. The number of nitriles is 1. The Bertz CT molecular complexity index is 700. The van der Waals surface area contributed by atoms with Crippen LogP contribution in [0.25, 0.3) is 0 Å². The maximum Gasteiger partial charge on any atom is 0.231 e. The fourth-order valence-corrected chi connectivity index (χ4v) is 2.85. The Labute approximate surface area is 122 Å². The van der Waals surface area contributed by atoms with Gasteiger partial charge in [-0.3, -0.25) is 4.98 Å². The molecule has 0 spiro atoms. The first-order valence-electron chi connectivity index (χ1n) is 7.27. The van der Waals surface area contributed by atoms with Gasteiger partial charge in [-0.05, 0) is 25.3 Å². The van der Waals surface area contributed by atoms with Crippen molar-refractivity contribution < 1.29 is 4.52 Å². The molecule has 0 unspecified atom stereocenters. The summed E-state index contributed by atoms with van der Waals surface area (Å²) < 4.78 is 5.43. The molecule has 21 heavy (non-hydrogen) atoms. The van der Waals surface area contributed by atoms with Crippen molar-refractivity contribution in [1.82, 2.24) is 15.1 Å². The Balaban J connectivity index is 1.52. The Morgan fingerprint density at radius 2 is 2.19 bits per heavy atom. The van der Waals surface area contributed by atoms with Crippen molar-refractivity contribution in [2.75, 3.05) is 18.0 Å². The van der Waals surface area contributed by atoms with Gasteiger partial charge in [0.15, 0.2) is 5.82 Å². The predicted molar refractivity (Wildman–Crippen MR) is 74.8 cm³/mol. The average Bonchev–Trinajstić information content (AvgIpc) is 3.07. The first kappa shape index (κ1) is 12.3.